The van der Waals surface area contributed by atoms with Gasteiger partial charge in [-0.25, -0.2) is 17.9 Å². The van der Waals surface area contributed by atoms with Crippen molar-refractivity contribution in [2.75, 3.05) is 11.5 Å². The minimum Gasteiger partial charge on any atom is -0.325 e. The smallest absolute Gasteiger partial charge is 0.155 e. The van der Waals surface area contributed by atoms with Crippen LogP contribution >= 0.6 is 0 Å². The van der Waals surface area contributed by atoms with Crippen LogP contribution in [0.25, 0.3) is 5.65 Å². The van der Waals surface area contributed by atoms with Gasteiger partial charge in [-0.15, -0.1) is 0 Å². The van der Waals surface area contributed by atoms with Crippen LogP contribution in [0.15, 0.2) is 18.2 Å². The van der Waals surface area contributed by atoms with Crippen molar-refractivity contribution in [2.45, 2.75) is 25.3 Å². The van der Waals surface area contributed by atoms with Crippen molar-refractivity contribution in [3.05, 3.63) is 29.7 Å². The number of rotatable bonds is 2. The minimum absolute atomic E-state index is 0.133. The molecule has 0 unspecified atom stereocenters. The van der Waals surface area contributed by atoms with Crippen molar-refractivity contribution in [3.8, 4) is 0 Å². The van der Waals surface area contributed by atoms with Gasteiger partial charge < -0.3 is 5.73 Å². The van der Waals surface area contributed by atoms with E-state index in [1.165, 1.54) is 0 Å². The highest BCUT2D eigenvalue weighted by molar-refractivity contribution is 7.91. The quantitative estimate of drug-likeness (QED) is 0.864. The summed E-state index contributed by atoms with van der Waals surface area (Å²) in [6.45, 7) is 0.402. The van der Waals surface area contributed by atoms with E-state index >= 15 is 0 Å². The Labute approximate surface area is 111 Å². The van der Waals surface area contributed by atoms with Crippen molar-refractivity contribution >= 4 is 15.5 Å². The number of pyridine rings is 1. The van der Waals surface area contributed by atoms with Crippen LogP contribution in [0.5, 0.6) is 0 Å². The second-order valence-corrected chi connectivity index (χ2v) is 7.19. The number of hydrogen-bond acceptors (Lipinski definition) is 5. The molecule has 0 atom stereocenters. The number of aromatic nitrogens is 3. The molecule has 1 aliphatic heterocycles. The van der Waals surface area contributed by atoms with Gasteiger partial charge in [0.25, 0.3) is 0 Å². The lowest BCUT2D eigenvalue weighted by Crippen LogP contribution is -2.22. The number of hydrogen-bond donors (Lipinski definition) is 1. The Bertz CT molecular complexity index is 694. The van der Waals surface area contributed by atoms with Crippen LogP contribution in [0.1, 0.15) is 30.3 Å². The normalized spacial score (nSPS) is 19.8. The SMILES string of the molecule is NCc1cccc2nc(C3CCS(=O)(=O)CC3)nn12. The molecule has 0 bridgehead atoms. The van der Waals surface area contributed by atoms with E-state index in [9.17, 15) is 8.42 Å². The Morgan fingerprint density at radius 1 is 1.32 bits per heavy atom. The lowest BCUT2D eigenvalue weighted by molar-refractivity contribution is 0.536. The van der Waals surface area contributed by atoms with Gasteiger partial charge in [0.15, 0.2) is 11.5 Å². The predicted octanol–water partition coefficient (Wildman–Crippen LogP) is 0.480. The van der Waals surface area contributed by atoms with Crippen molar-refractivity contribution in [1.29, 1.82) is 0 Å². The largest absolute Gasteiger partial charge is 0.325 e. The van der Waals surface area contributed by atoms with E-state index in [2.05, 4.69) is 10.1 Å². The highest BCUT2D eigenvalue weighted by Crippen LogP contribution is 2.27. The van der Waals surface area contributed by atoms with Crippen molar-refractivity contribution < 1.29 is 8.42 Å². The van der Waals surface area contributed by atoms with Gasteiger partial charge in [0.1, 0.15) is 9.84 Å². The topological polar surface area (TPSA) is 90.3 Å². The van der Waals surface area contributed by atoms with Gasteiger partial charge in [-0.3, -0.25) is 0 Å². The van der Waals surface area contributed by atoms with Crippen LogP contribution in [0.2, 0.25) is 0 Å². The van der Waals surface area contributed by atoms with Crippen LogP contribution in [0.4, 0.5) is 0 Å². The maximum Gasteiger partial charge on any atom is 0.155 e. The third-order valence-electron chi connectivity index (χ3n) is 3.58. The van der Waals surface area contributed by atoms with Gasteiger partial charge in [0.05, 0.1) is 17.2 Å². The van der Waals surface area contributed by atoms with E-state index in [-0.39, 0.29) is 17.4 Å². The van der Waals surface area contributed by atoms with Crippen LogP contribution in [-0.2, 0) is 16.4 Å². The van der Waals surface area contributed by atoms with E-state index in [0.29, 0.717) is 19.4 Å². The van der Waals surface area contributed by atoms with Gasteiger partial charge in [0.2, 0.25) is 0 Å². The maximum atomic E-state index is 11.4. The third kappa shape index (κ3) is 2.35. The highest BCUT2D eigenvalue weighted by atomic mass is 32.2. The Kier molecular flexibility index (Phi) is 3.02. The fourth-order valence-corrected chi connectivity index (χ4v) is 3.94. The monoisotopic (exact) mass is 280 g/mol. The van der Waals surface area contributed by atoms with E-state index in [4.69, 9.17) is 5.73 Å². The highest BCUT2D eigenvalue weighted by Gasteiger charge is 2.27. The zero-order valence-electron chi connectivity index (χ0n) is 10.5. The third-order valence-corrected chi connectivity index (χ3v) is 5.30. The van der Waals surface area contributed by atoms with Crippen LogP contribution in [-0.4, -0.2) is 34.5 Å². The van der Waals surface area contributed by atoms with Crippen LogP contribution in [0, 0.1) is 0 Å². The molecule has 0 aromatic carbocycles. The Morgan fingerprint density at radius 3 is 2.74 bits per heavy atom. The molecule has 2 aromatic heterocycles. The summed E-state index contributed by atoms with van der Waals surface area (Å²) in [6, 6.07) is 5.70. The molecule has 102 valence electrons. The molecule has 0 amide bonds. The fourth-order valence-electron chi connectivity index (χ4n) is 2.45. The van der Waals surface area contributed by atoms with Gasteiger partial charge in [-0.1, -0.05) is 6.07 Å². The predicted molar refractivity (Wildman–Crippen MR) is 71.5 cm³/mol. The average Bonchev–Trinajstić information content (AvgIpc) is 2.82. The molecular formula is C12H16N4O2S. The summed E-state index contributed by atoms with van der Waals surface area (Å²) in [4.78, 5) is 4.49. The molecule has 0 spiro atoms. The molecule has 0 saturated carbocycles. The Morgan fingerprint density at radius 2 is 2.05 bits per heavy atom. The molecule has 2 N–H and O–H groups in total. The lowest BCUT2D eigenvalue weighted by Gasteiger charge is -2.18. The summed E-state index contributed by atoms with van der Waals surface area (Å²) in [7, 11) is -2.85. The minimum atomic E-state index is -2.85. The molecule has 0 aliphatic carbocycles. The lowest BCUT2D eigenvalue weighted by atomic mass is 10.0. The first-order valence-corrected chi connectivity index (χ1v) is 8.16. The van der Waals surface area contributed by atoms with E-state index in [1.54, 1.807) is 4.52 Å². The second kappa shape index (κ2) is 4.57. The summed E-state index contributed by atoms with van der Waals surface area (Å²) in [5, 5.41) is 4.49. The molecule has 3 rings (SSSR count). The Hall–Kier alpha value is -1.47. The maximum absolute atomic E-state index is 11.4. The van der Waals surface area contributed by atoms with Gasteiger partial charge in [-0.2, -0.15) is 5.10 Å². The molecule has 6 nitrogen and oxygen atoms in total. The number of nitrogens with zero attached hydrogens (tertiary/aromatic N) is 3. The summed E-state index contributed by atoms with van der Waals surface area (Å²) in [5.41, 5.74) is 7.34. The summed E-state index contributed by atoms with van der Waals surface area (Å²) < 4.78 is 24.6. The first kappa shape index (κ1) is 12.6. The molecule has 7 heteroatoms. The average molecular weight is 280 g/mol. The Balaban J connectivity index is 1.94. The van der Waals surface area contributed by atoms with E-state index in [0.717, 1.165) is 17.2 Å². The first-order chi connectivity index (χ1) is 9.09. The zero-order valence-corrected chi connectivity index (χ0v) is 11.3. The van der Waals surface area contributed by atoms with Crippen molar-refractivity contribution in [1.82, 2.24) is 14.6 Å². The van der Waals surface area contributed by atoms with Crippen molar-refractivity contribution in [3.63, 3.8) is 0 Å². The molecule has 2 aromatic rings. The molecule has 3 heterocycles. The van der Waals surface area contributed by atoms with Crippen molar-refractivity contribution in [2.24, 2.45) is 5.73 Å². The molecule has 1 fully saturated rings. The summed E-state index contributed by atoms with van der Waals surface area (Å²) in [5.74, 6) is 1.33. The van der Waals surface area contributed by atoms with Crippen LogP contribution < -0.4 is 5.73 Å². The van der Waals surface area contributed by atoms with E-state index in [1.807, 2.05) is 18.2 Å². The summed E-state index contributed by atoms with van der Waals surface area (Å²) >= 11 is 0. The number of sulfone groups is 1. The summed E-state index contributed by atoms with van der Waals surface area (Å²) in [6.07, 6.45) is 1.22. The second-order valence-electron chi connectivity index (χ2n) is 4.89. The zero-order chi connectivity index (χ0) is 13.5. The molecule has 1 saturated heterocycles. The molecule has 1 aliphatic rings. The van der Waals surface area contributed by atoms with Gasteiger partial charge in [0, 0.05) is 12.5 Å². The van der Waals surface area contributed by atoms with E-state index < -0.39 is 9.84 Å². The molecule has 0 radical (unpaired) electrons. The van der Waals surface area contributed by atoms with Gasteiger partial charge in [-0.05, 0) is 25.0 Å². The molecule has 19 heavy (non-hydrogen) atoms. The standard InChI is InChI=1S/C12H16N4O2S/c13-8-10-2-1-3-11-14-12(15-16(10)11)9-4-6-19(17,18)7-5-9/h1-3,9H,4-8,13H2. The fraction of sp³-hybridized carbons (Fsp3) is 0.500. The number of fused-ring (bicyclic) bond motifs is 1. The molecular weight excluding hydrogens is 264 g/mol. The van der Waals surface area contributed by atoms with Gasteiger partial charge >= 0.3 is 0 Å². The number of nitrogens with two attached hydrogens (primary N) is 1. The van der Waals surface area contributed by atoms with Crippen LogP contribution in [0.3, 0.4) is 0 Å². The first-order valence-electron chi connectivity index (χ1n) is 6.34.